The van der Waals surface area contributed by atoms with Crippen LogP contribution in [0.15, 0.2) is 54.6 Å². The quantitative estimate of drug-likeness (QED) is 0.656. The number of rotatable bonds is 2. The molecule has 0 bridgehead atoms. The number of allylic oxidation sites excluding steroid dienone is 2. The van der Waals surface area contributed by atoms with E-state index < -0.39 is 0 Å². The van der Waals surface area contributed by atoms with Crippen molar-refractivity contribution in [2.24, 2.45) is 5.92 Å². The van der Waals surface area contributed by atoms with Crippen molar-refractivity contribution in [1.82, 2.24) is 0 Å². The average molecular weight is 323 g/mol. The molecule has 2 aromatic rings. The van der Waals surface area contributed by atoms with Crippen LogP contribution in [0.25, 0.3) is 0 Å². The smallest absolute Gasteiger partial charge is 0.337 e. The highest BCUT2D eigenvalue weighted by Crippen LogP contribution is 2.49. The number of halogens is 1. The van der Waals surface area contributed by atoms with Gasteiger partial charge in [0.15, 0.2) is 0 Å². The summed E-state index contributed by atoms with van der Waals surface area (Å²) < 4.78 is 18.1. The Kier molecular flexibility index (Phi) is 3.60. The first kappa shape index (κ1) is 14.9. The minimum absolute atomic E-state index is 0.127. The van der Waals surface area contributed by atoms with Crippen molar-refractivity contribution in [2.75, 3.05) is 12.4 Å². The monoisotopic (exact) mass is 323 g/mol. The summed E-state index contributed by atoms with van der Waals surface area (Å²) in [7, 11) is 1.39. The molecular weight excluding hydrogens is 305 g/mol. The van der Waals surface area contributed by atoms with E-state index in [1.165, 1.54) is 19.2 Å². The lowest BCUT2D eigenvalue weighted by atomic mass is 9.76. The molecule has 0 spiro atoms. The minimum atomic E-state index is -0.322. The summed E-state index contributed by atoms with van der Waals surface area (Å²) in [6, 6.07) is 12.4. The molecule has 3 nitrogen and oxygen atoms in total. The van der Waals surface area contributed by atoms with Gasteiger partial charge >= 0.3 is 5.97 Å². The van der Waals surface area contributed by atoms with Gasteiger partial charge in [-0.05, 0) is 53.8 Å². The number of carbonyl (C=O) groups is 1. The zero-order valence-corrected chi connectivity index (χ0v) is 13.3. The van der Waals surface area contributed by atoms with Gasteiger partial charge in [0.2, 0.25) is 0 Å². The zero-order chi connectivity index (χ0) is 16.7. The zero-order valence-electron chi connectivity index (χ0n) is 13.3. The van der Waals surface area contributed by atoms with Crippen LogP contribution in [0.3, 0.4) is 0 Å². The Hall–Kier alpha value is -2.62. The Morgan fingerprint density at radius 2 is 2.00 bits per heavy atom. The Labute approximate surface area is 140 Å². The summed E-state index contributed by atoms with van der Waals surface area (Å²) in [4.78, 5) is 11.8. The fourth-order valence-corrected chi connectivity index (χ4v) is 3.84. The summed E-state index contributed by atoms with van der Waals surface area (Å²) >= 11 is 0. The van der Waals surface area contributed by atoms with Crippen molar-refractivity contribution < 1.29 is 13.9 Å². The average Bonchev–Trinajstić information content (AvgIpc) is 3.11. The molecule has 2 aromatic carbocycles. The topological polar surface area (TPSA) is 38.3 Å². The molecule has 4 rings (SSSR count). The lowest BCUT2D eigenvalue weighted by Crippen LogP contribution is -2.29. The van der Waals surface area contributed by atoms with E-state index in [0.29, 0.717) is 11.5 Å². The molecule has 24 heavy (non-hydrogen) atoms. The summed E-state index contributed by atoms with van der Waals surface area (Å²) in [6.45, 7) is 0. The van der Waals surface area contributed by atoms with Crippen molar-refractivity contribution in [3.05, 3.63) is 77.1 Å². The molecule has 0 saturated carbocycles. The van der Waals surface area contributed by atoms with Crippen LogP contribution in [-0.2, 0) is 4.74 Å². The van der Waals surface area contributed by atoms with Crippen LogP contribution < -0.4 is 5.32 Å². The molecule has 0 aromatic heterocycles. The van der Waals surface area contributed by atoms with Crippen molar-refractivity contribution in [3.8, 4) is 0 Å². The van der Waals surface area contributed by atoms with Crippen LogP contribution in [0.4, 0.5) is 10.1 Å². The fraction of sp³-hybridized carbons (Fsp3) is 0.250. The highest BCUT2D eigenvalue weighted by atomic mass is 19.1. The predicted molar refractivity (Wildman–Crippen MR) is 90.5 cm³/mol. The Morgan fingerprint density at radius 1 is 1.21 bits per heavy atom. The first-order valence-electron chi connectivity index (χ1n) is 8.08. The maximum atomic E-state index is 13.2. The number of carbonyl (C=O) groups excluding carboxylic acids is 1. The number of hydrogen-bond acceptors (Lipinski definition) is 3. The second-order valence-electron chi connectivity index (χ2n) is 6.32. The van der Waals surface area contributed by atoms with E-state index in [4.69, 9.17) is 4.74 Å². The third-order valence-electron chi connectivity index (χ3n) is 5.01. The fourth-order valence-electron chi connectivity index (χ4n) is 3.84. The summed E-state index contributed by atoms with van der Waals surface area (Å²) in [6.07, 6.45) is 5.36. The van der Waals surface area contributed by atoms with Crippen molar-refractivity contribution >= 4 is 11.7 Å². The van der Waals surface area contributed by atoms with Crippen LogP contribution in [0, 0.1) is 11.7 Å². The lowest BCUT2D eigenvalue weighted by Gasteiger charge is -2.37. The molecule has 1 aliphatic heterocycles. The van der Waals surface area contributed by atoms with Crippen LogP contribution in [0.1, 0.15) is 39.9 Å². The third kappa shape index (κ3) is 2.39. The molecule has 0 radical (unpaired) electrons. The summed E-state index contributed by atoms with van der Waals surface area (Å²) in [5.74, 6) is 0.0625. The molecule has 3 atom stereocenters. The van der Waals surface area contributed by atoms with Gasteiger partial charge in [-0.2, -0.15) is 0 Å². The number of esters is 1. The van der Waals surface area contributed by atoms with Gasteiger partial charge in [-0.1, -0.05) is 24.3 Å². The number of ether oxygens (including phenoxy) is 1. The molecule has 122 valence electrons. The van der Waals surface area contributed by atoms with E-state index in [1.54, 1.807) is 6.07 Å². The van der Waals surface area contributed by atoms with Crippen molar-refractivity contribution in [2.45, 2.75) is 18.4 Å². The van der Waals surface area contributed by atoms with Gasteiger partial charge in [0.25, 0.3) is 0 Å². The van der Waals surface area contributed by atoms with Gasteiger partial charge in [-0.25, -0.2) is 9.18 Å². The molecular formula is C20H18FNO2. The molecule has 0 fully saturated rings. The molecule has 1 heterocycles. The Morgan fingerprint density at radius 3 is 2.75 bits per heavy atom. The number of methoxy groups -OCH3 is 1. The molecule has 1 aliphatic carbocycles. The molecule has 0 saturated heterocycles. The second-order valence-corrected chi connectivity index (χ2v) is 6.32. The van der Waals surface area contributed by atoms with Crippen LogP contribution in [0.5, 0.6) is 0 Å². The van der Waals surface area contributed by atoms with E-state index in [2.05, 4.69) is 17.5 Å². The van der Waals surface area contributed by atoms with Gasteiger partial charge in [0.05, 0.1) is 18.7 Å². The van der Waals surface area contributed by atoms with Crippen molar-refractivity contribution in [3.63, 3.8) is 0 Å². The number of hydrogen-bond donors (Lipinski definition) is 1. The van der Waals surface area contributed by atoms with E-state index in [0.717, 1.165) is 23.2 Å². The standard InChI is InChI=1S/C20H18FNO2/c1-24-20(23)13-7-10-18-17(11-13)15-3-2-4-16(15)19(22-18)12-5-8-14(21)9-6-12/h2-3,5-11,15-16,19,22H,4H2,1H3/t15-,16-,19-/m0/s1. The van der Waals surface area contributed by atoms with Crippen molar-refractivity contribution in [1.29, 1.82) is 0 Å². The Balaban J connectivity index is 1.74. The number of anilines is 1. The van der Waals surface area contributed by atoms with Crippen LogP contribution >= 0.6 is 0 Å². The summed E-state index contributed by atoms with van der Waals surface area (Å²) in [5.41, 5.74) is 3.79. The molecule has 0 unspecified atom stereocenters. The van der Waals surface area contributed by atoms with Gasteiger partial charge in [-0.3, -0.25) is 0 Å². The SMILES string of the molecule is COC(=O)c1ccc2c(c1)[C@H]1C=CC[C@@H]1[C@H](c1ccc(F)cc1)N2. The first-order valence-corrected chi connectivity index (χ1v) is 8.08. The molecule has 2 aliphatic rings. The maximum Gasteiger partial charge on any atom is 0.337 e. The largest absolute Gasteiger partial charge is 0.465 e. The van der Waals surface area contributed by atoms with E-state index in [-0.39, 0.29) is 23.7 Å². The van der Waals surface area contributed by atoms with Gasteiger partial charge in [0, 0.05) is 11.6 Å². The highest BCUT2D eigenvalue weighted by Gasteiger charge is 2.38. The minimum Gasteiger partial charge on any atom is -0.465 e. The summed E-state index contributed by atoms with van der Waals surface area (Å²) in [5, 5.41) is 3.57. The lowest BCUT2D eigenvalue weighted by molar-refractivity contribution is 0.0600. The molecule has 4 heteroatoms. The van der Waals surface area contributed by atoms with Gasteiger partial charge in [-0.15, -0.1) is 0 Å². The normalized spacial score (nSPS) is 24.0. The van der Waals surface area contributed by atoms with Crippen LogP contribution in [-0.4, -0.2) is 13.1 Å². The first-order chi connectivity index (χ1) is 11.7. The van der Waals surface area contributed by atoms with E-state index in [9.17, 15) is 9.18 Å². The van der Waals surface area contributed by atoms with E-state index in [1.807, 2.05) is 24.3 Å². The number of benzene rings is 2. The Bertz CT molecular complexity index is 813. The van der Waals surface area contributed by atoms with Gasteiger partial charge < -0.3 is 10.1 Å². The molecule has 0 amide bonds. The third-order valence-corrected chi connectivity index (χ3v) is 5.01. The van der Waals surface area contributed by atoms with E-state index >= 15 is 0 Å². The predicted octanol–water partition coefficient (Wildman–Crippen LogP) is 4.44. The number of nitrogens with one attached hydrogen (secondary N) is 1. The van der Waals surface area contributed by atoms with Crippen LogP contribution in [0.2, 0.25) is 0 Å². The second kappa shape index (κ2) is 5.78. The highest BCUT2D eigenvalue weighted by molar-refractivity contribution is 5.90. The van der Waals surface area contributed by atoms with Gasteiger partial charge in [0.1, 0.15) is 5.82 Å². The maximum absolute atomic E-state index is 13.2. The number of fused-ring (bicyclic) bond motifs is 3. The molecule has 1 N–H and O–H groups in total.